The fourth-order valence-corrected chi connectivity index (χ4v) is 5.06. The number of allylic oxidation sites excluding steroid dienone is 2. The number of aliphatic hydroxyl groups excluding tert-OH is 1. The van der Waals surface area contributed by atoms with E-state index in [0.717, 1.165) is 25.6 Å². The molecule has 0 radical (unpaired) electrons. The maximum Gasteiger partial charge on any atom is 0.309 e. The van der Waals surface area contributed by atoms with Gasteiger partial charge in [-0.05, 0) is 64.0 Å². The van der Waals surface area contributed by atoms with Crippen molar-refractivity contribution >= 4 is 49.0 Å². The van der Waals surface area contributed by atoms with Crippen molar-refractivity contribution in [2.75, 3.05) is 14.2 Å². The van der Waals surface area contributed by atoms with Gasteiger partial charge in [0.05, 0.1) is 26.7 Å². The van der Waals surface area contributed by atoms with Crippen LogP contribution in [0.1, 0.15) is 29.8 Å². The van der Waals surface area contributed by atoms with Gasteiger partial charge in [0, 0.05) is 33.6 Å². The van der Waals surface area contributed by atoms with E-state index >= 15 is 0 Å². The lowest BCUT2D eigenvalue weighted by molar-refractivity contribution is -0.156. The van der Waals surface area contributed by atoms with Crippen molar-refractivity contribution in [1.29, 1.82) is 0 Å². The topological polar surface area (TPSA) is 109 Å². The predicted molar refractivity (Wildman–Crippen MR) is 140 cm³/mol. The number of cyclic esters (lactones) is 1. The normalized spacial score (nSPS) is 17.7. The largest absolute Gasteiger partial charge is 0.497 e. The first-order valence-electron chi connectivity index (χ1n) is 11.0. The smallest absolute Gasteiger partial charge is 0.309 e. The van der Waals surface area contributed by atoms with Gasteiger partial charge < -0.3 is 19.3 Å². The number of tetrazole rings is 1. The third-order valence-corrected chi connectivity index (χ3v) is 7.00. The number of ether oxygens (including phenoxy) is 3. The second-order valence-electron chi connectivity index (χ2n) is 8.09. The predicted octanol–water partition coefficient (Wildman–Crippen LogP) is 4.33. The first-order valence-corrected chi connectivity index (χ1v) is 12.6. The van der Waals surface area contributed by atoms with E-state index in [0.29, 0.717) is 29.3 Å². The second-order valence-corrected chi connectivity index (χ2v) is 9.80. The first kappa shape index (κ1) is 26.1. The first-order chi connectivity index (χ1) is 17.3. The van der Waals surface area contributed by atoms with Crippen molar-refractivity contribution in [2.24, 2.45) is 7.05 Å². The molecule has 1 fully saturated rings. The van der Waals surface area contributed by atoms with Gasteiger partial charge in [-0.1, -0.05) is 37.9 Å². The summed E-state index contributed by atoms with van der Waals surface area (Å²) < 4.78 is 19.4. The molecule has 2 atom stereocenters. The molecule has 9 nitrogen and oxygen atoms in total. The van der Waals surface area contributed by atoms with Crippen molar-refractivity contribution in [3.8, 4) is 11.5 Å². The Kier molecular flexibility index (Phi) is 8.22. The molecule has 1 saturated heterocycles. The number of carbonyl (C=O) groups is 1. The van der Waals surface area contributed by atoms with E-state index in [2.05, 4.69) is 47.4 Å². The van der Waals surface area contributed by atoms with Gasteiger partial charge in [-0.2, -0.15) is 0 Å². The van der Waals surface area contributed by atoms with E-state index in [1.807, 2.05) is 42.5 Å². The molecule has 36 heavy (non-hydrogen) atoms. The molecule has 2 heterocycles. The van der Waals surface area contributed by atoms with Crippen LogP contribution in [-0.4, -0.2) is 57.7 Å². The van der Waals surface area contributed by atoms with Crippen molar-refractivity contribution in [3.05, 3.63) is 74.4 Å². The molecular formula is C25H24Br2N4O5. The summed E-state index contributed by atoms with van der Waals surface area (Å²) in [6, 6.07) is 11.4. The van der Waals surface area contributed by atoms with Crippen LogP contribution in [0.15, 0.2) is 57.5 Å². The second kappa shape index (κ2) is 11.4. The Morgan fingerprint density at radius 3 is 2.19 bits per heavy atom. The molecule has 4 rings (SSSR count). The van der Waals surface area contributed by atoms with E-state index in [-0.39, 0.29) is 6.42 Å². The lowest BCUT2D eigenvalue weighted by atomic mass is 9.91. The molecule has 3 aromatic rings. The molecular weight excluding hydrogens is 596 g/mol. The number of benzene rings is 2. The average Bonchev–Trinajstić information content (AvgIpc) is 3.27. The number of esters is 1. The van der Waals surface area contributed by atoms with Crippen LogP contribution in [0.4, 0.5) is 0 Å². The molecule has 1 N–H and O–H groups in total. The van der Waals surface area contributed by atoms with Gasteiger partial charge in [-0.25, -0.2) is 4.68 Å². The molecule has 0 aliphatic carbocycles. The number of aliphatic hydroxyl groups is 1. The SMILES string of the molecule is COc1ccc(C(=C(/C=C/[C@@H]2C[C@@H](O)CC(=O)O2)c2nnnn2C)c2ccc(OC)cc2Br)c(Br)c1. The van der Waals surface area contributed by atoms with Crippen LogP contribution in [0.25, 0.3) is 11.1 Å². The Balaban J connectivity index is 1.98. The molecule has 0 bridgehead atoms. The summed E-state index contributed by atoms with van der Waals surface area (Å²) in [5, 5.41) is 22.2. The highest BCUT2D eigenvalue weighted by molar-refractivity contribution is 9.10. The zero-order valence-corrected chi connectivity index (χ0v) is 23.0. The van der Waals surface area contributed by atoms with E-state index < -0.39 is 18.2 Å². The molecule has 1 aromatic heterocycles. The summed E-state index contributed by atoms with van der Waals surface area (Å²) >= 11 is 7.39. The van der Waals surface area contributed by atoms with Crippen molar-refractivity contribution in [2.45, 2.75) is 25.0 Å². The number of carbonyl (C=O) groups excluding carboxylic acids is 1. The van der Waals surface area contributed by atoms with Crippen LogP contribution in [0.2, 0.25) is 0 Å². The van der Waals surface area contributed by atoms with Crippen LogP contribution < -0.4 is 9.47 Å². The zero-order chi connectivity index (χ0) is 25.8. The van der Waals surface area contributed by atoms with Crippen LogP contribution in [0.3, 0.4) is 0 Å². The zero-order valence-electron chi connectivity index (χ0n) is 19.8. The molecule has 2 aromatic carbocycles. The van der Waals surface area contributed by atoms with E-state index in [9.17, 15) is 9.90 Å². The van der Waals surface area contributed by atoms with Crippen LogP contribution in [0, 0.1) is 0 Å². The summed E-state index contributed by atoms with van der Waals surface area (Å²) in [5.41, 5.74) is 3.18. The third kappa shape index (κ3) is 5.69. The van der Waals surface area contributed by atoms with Crippen LogP contribution >= 0.6 is 31.9 Å². The number of halogens is 2. The molecule has 11 heteroatoms. The minimum Gasteiger partial charge on any atom is -0.497 e. The van der Waals surface area contributed by atoms with E-state index in [1.54, 1.807) is 32.0 Å². The van der Waals surface area contributed by atoms with Gasteiger partial charge in [-0.3, -0.25) is 4.79 Å². The summed E-state index contributed by atoms with van der Waals surface area (Å²) in [5.74, 6) is 1.44. The number of hydrogen-bond donors (Lipinski definition) is 1. The quantitative estimate of drug-likeness (QED) is 0.307. The lowest BCUT2D eigenvalue weighted by Gasteiger charge is -2.23. The number of hydrogen-bond acceptors (Lipinski definition) is 8. The Bertz CT molecular complexity index is 1280. The average molecular weight is 620 g/mol. The molecule has 0 spiro atoms. The van der Waals surface area contributed by atoms with Gasteiger partial charge in [0.2, 0.25) is 0 Å². The summed E-state index contributed by atoms with van der Waals surface area (Å²) in [4.78, 5) is 11.9. The molecule has 0 amide bonds. The van der Waals surface area contributed by atoms with Gasteiger partial charge in [0.15, 0.2) is 5.82 Å². The number of methoxy groups -OCH3 is 2. The molecule has 0 unspecified atom stereocenters. The minimum absolute atomic E-state index is 0.0108. The summed E-state index contributed by atoms with van der Waals surface area (Å²) in [7, 11) is 4.96. The van der Waals surface area contributed by atoms with Crippen LogP contribution in [0.5, 0.6) is 11.5 Å². The maximum absolute atomic E-state index is 11.9. The number of rotatable bonds is 7. The van der Waals surface area contributed by atoms with Crippen LogP contribution in [-0.2, 0) is 16.6 Å². The van der Waals surface area contributed by atoms with E-state index in [1.165, 1.54) is 0 Å². The monoisotopic (exact) mass is 618 g/mol. The summed E-state index contributed by atoms with van der Waals surface area (Å²) in [6.07, 6.45) is 2.53. The fourth-order valence-electron chi connectivity index (χ4n) is 3.94. The summed E-state index contributed by atoms with van der Waals surface area (Å²) in [6.45, 7) is 0. The number of nitrogens with zero attached hydrogens (tertiary/aromatic N) is 4. The van der Waals surface area contributed by atoms with Gasteiger partial charge in [0.25, 0.3) is 0 Å². The Morgan fingerprint density at radius 1 is 1.11 bits per heavy atom. The standard InChI is InChI=1S/C25H24Br2N4O5/c1-31-25(28-29-30-31)20(9-6-17-10-14(32)11-23(33)36-17)24(18-7-4-15(34-2)12-21(18)26)19-8-5-16(35-3)13-22(19)27/h4-9,12-14,17,32H,10-11H2,1-3H3/b9-6+/t14-,17-/m1/s1. The molecule has 1 aliphatic heterocycles. The highest BCUT2D eigenvalue weighted by Crippen LogP contribution is 2.41. The molecule has 188 valence electrons. The van der Waals surface area contributed by atoms with E-state index in [4.69, 9.17) is 14.2 Å². The Morgan fingerprint density at radius 2 is 1.72 bits per heavy atom. The highest BCUT2D eigenvalue weighted by Gasteiger charge is 2.26. The Labute approximate surface area is 225 Å². The number of aromatic nitrogens is 4. The third-order valence-electron chi connectivity index (χ3n) is 5.69. The Hall–Kier alpha value is -3.02. The maximum atomic E-state index is 11.9. The highest BCUT2D eigenvalue weighted by atomic mass is 79.9. The van der Waals surface area contributed by atoms with Gasteiger partial charge >= 0.3 is 5.97 Å². The van der Waals surface area contributed by atoms with Crippen molar-refractivity contribution in [3.63, 3.8) is 0 Å². The number of aryl methyl sites for hydroxylation is 1. The molecule has 1 aliphatic rings. The molecule has 0 saturated carbocycles. The fraction of sp³-hybridized carbons (Fsp3) is 0.280. The van der Waals surface area contributed by atoms with Crippen molar-refractivity contribution in [1.82, 2.24) is 20.2 Å². The van der Waals surface area contributed by atoms with Crippen molar-refractivity contribution < 1.29 is 24.1 Å². The minimum atomic E-state index is -0.754. The van der Waals surface area contributed by atoms with Gasteiger partial charge in [-0.15, -0.1) is 5.10 Å². The lowest BCUT2D eigenvalue weighted by Crippen LogP contribution is -2.31. The van der Waals surface area contributed by atoms with Gasteiger partial charge in [0.1, 0.15) is 17.6 Å².